The molecule has 0 amide bonds. The van der Waals surface area contributed by atoms with Crippen LogP contribution in [0.3, 0.4) is 0 Å². The van der Waals surface area contributed by atoms with Crippen LogP contribution in [-0.2, 0) is 0 Å². The highest BCUT2D eigenvalue weighted by molar-refractivity contribution is 5.25. The lowest BCUT2D eigenvalue weighted by Crippen LogP contribution is -2.26. The van der Waals surface area contributed by atoms with E-state index in [4.69, 9.17) is 0 Å². The number of hydrogen-bond acceptors (Lipinski definition) is 3. The molecule has 5 nitrogen and oxygen atoms in total. The molecule has 0 spiro atoms. The van der Waals surface area contributed by atoms with Gasteiger partial charge in [0.1, 0.15) is 0 Å². The van der Waals surface area contributed by atoms with Crippen molar-refractivity contribution in [3.63, 3.8) is 0 Å². The molecular formula is C9H12N2O3. The Kier molecular flexibility index (Phi) is 2.15. The van der Waals surface area contributed by atoms with Gasteiger partial charge in [-0.05, 0) is 18.8 Å². The molecule has 3 N–H and O–H groups in total. The van der Waals surface area contributed by atoms with Crippen molar-refractivity contribution in [2.75, 3.05) is 0 Å². The molecule has 0 radical (unpaired) electrons. The fourth-order valence-corrected chi connectivity index (χ4v) is 2.08. The standard InChI is InChI=1S/C9H12N2O3/c12-7-6(5-3-1-2-4-5)8(13)11-9(14)10-7/h5H,1-4H2,(H3,10,11,12,13,14). The number of aromatic amines is 2. The van der Waals surface area contributed by atoms with Crippen LogP contribution in [0.15, 0.2) is 9.59 Å². The number of aromatic hydroxyl groups is 1. The van der Waals surface area contributed by atoms with Crippen LogP contribution < -0.4 is 11.2 Å². The molecule has 1 aliphatic carbocycles. The van der Waals surface area contributed by atoms with E-state index in [1.807, 2.05) is 0 Å². The average Bonchev–Trinajstić information content (AvgIpc) is 2.54. The predicted molar refractivity (Wildman–Crippen MR) is 50.6 cm³/mol. The van der Waals surface area contributed by atoms with Gasteiger partial charge in [0.05, 0.1) is 5.56 Å². The van der Waals surface area contributed by atoms with Gasteiger partial charge in [-0.15, -0.1) is 0 Å². The highest BCUT2D eigenvalue weighted by Gasteiger charge is 2.23. The zero-order valence-electron chi connectivity index (χ0n) is 7.67. The van der Waals surface area contributed by atoms with Crippen LogP contribution in [-0.4, -0.2) is 15.1 Å². The SMILES string of the molecule is O=c1[nH]c(O)c(C2CCCC2)c(=O)[nH]1. The van der Waals surface area contributed by atoms with E-state index in [-0.39, 0.29) is 11.8 Å². The predicted octanol–water partition coefficient (Wildman–Crippen LogP) is 0.426. The molecule has 0 bridgehead atoms. The molecule has 2 rings (SSSR count). The van der Waals surface area contributed by atoms with Gasteiger partial charge in [0, 0.05) is 0 Å². The summed E-state index contributed by atoms with van der Waals surface area (Å²) < 4.78 is 0. The van der Waals surface area contributed by atoms with Crippen molar-refractivity contribution in [1.29, 1.82) is 0 Å². The van der Waals surface area contributed by atoms with E-state index >= 15 is 0 Å². The van der Waals surface area contributed by atoms with Gasteiger partial charge >= 0.3 is 5.69 Å². The molecule has 14 heavy (non-hydrogen) atoms. The third-order valence-electron chi connectivity index (χ3n) is 2.72. The first kappa shape index (κ1) is 9.05. The van der Waals surface area contributed by atoms with Crippen LogP contribution in [0, 0.1) is 0 Å². The molecular weight excluding hydrogens is 184 g/mol. The van der Waals surface area contributed by atoms with Crippen LogP contribution in [0.2, 0.25) is 0 Å². The Morgan fingerprint density at radius 2 is 1.79 bits per heavy atom. The first-order valence-corrected chi connectivity index (χ1v) is 4.74. The molecule has 1 saturated carbocycles. The van der Waals surface area contributed by atoms with E-state index in [9.17, 15) is 14.7 Å². The van der Waals surface area contributed by atoms with Gasteiger partial charge in [-0.1, -0.05) is 12.8 Å². The average molecular weight is 196 g/mol. The van der Waals surface area contributed by atoms with E-state index in [1.54, 1.807) is 0 Å². The second-order valence-electron chi connectivity index (χ2n) is 3.65. The first-order chi connectivity index (χ1) is 6.68. The Balaban J connectivity index is 2.51. The van der Waals surface area contributed by atoms with E-state index in [0.717, 1.165) is 25.7 Å². The molecule has 76 valence electrons. The number of aromatic nitrogens is 2. The summed E-state index contributed by atoms with van der Waals surface area (Å²) in [4.78, 5) is 26.6. The maximum Gasteiger partial charge on any atom is 0.328 e. The molecule has 1 fully saturated rings. The van der Waals surface area contributed by atoms with Crippen LogP contribution in [0.5, 0.6) is 5.88 Å². The molecule has 5 heteroatoms. The maximum atomic E-state index is 11.4. The fraction of sp³-hybridized carbons (Fsp3) is 0.556. The summed E-state index contributed by atoms with van der Waals surface area (Å²) in [6.07, 6.45) is 3.96. The molecule has 0 aromatic carbocycles. The summed E-state index contributed by atoms with van der Waals surface area (Å²) in [5.74, 6) is -0.179. The smallest absolute Gasteiger partial charge is 0.328 e. The van der Waals surface area contributed by atoms with Crippen molar-refractivity contribution >= 4 is 0 Å². The molecule has 0 saturated heterocycles. The largest absolute Gasteiger partial charge is 0.494 e. The molecule has 0 atom stereocenters. The minimum atomic E-state index is -0.658. The van der Waals surface area contributed by atoms with E-state index in [2.05, 4.69) is 9.97 Å². The van der Waals surface area contributed by atoms with Gasteiger partial charge in [0.2, 0.25) is 5.88 Å². The van der Waals surface area contributed by atoms with Crippen molar-refractivity contribution < 1.29 is 5.11 Å². The van der Waals surface area contributed by atoms with Gasteiger partial charge in [-0.2, -0.15) is 0 Å². The van der Waals surface area contributed by atoms with Crippen molar-refractivity contribution in [2.24, 2.45) is 0 Å². The fourth-order valence-electron chi connectivity index (χ4n) is 2.08. The Morgan fingerprint density at radius 1 is 1.14 bits per heavy atom. The summed E-state index contributed by atoms with van der Waals surface area (Å²) in [5.41, 5.74) is -0.783. The van der Waals surface area contributed by atoms with Gasteiger partial charge < -0.3 is 5.11 Å². The van der Waals surface area contributed by atoms with E-state index in [1.165, 1.54) is 0 Å². The Hall–Kier alpha value is -1.52. The quantitative estimate of drug-likeness (QED) is 0.608. The third-order valence-corrected chi connectivity index (χ3v) is 2.72. The summed E-state index contributed by atoms with van der Waals surface area (Å²) >= 11 is 0. The maximum absolute atomic E-state index is 11.4. The zero-order chi connectivity index (χ0) is 10.1. The minimum Gasteiger partial charge on any atom is -0.494 e. The minimum absolute atomic E-state index is 0.0931. The lowest BCUT2D eigenvalue weighted by molar-refractivity contribution is 0.433. The Bertz CT molecular complexity index is 440. The van der Waals surface area contributed by atoms with Gasteiger partial charge in [-0.25, -0.2) is 4.79 Å². The first-order valence-electron chi connectivity index (χ1n) is 4.74. The summed E-state index contributed by atoms with van der Waals surface area (Å²) in [6.45, 7) is 0. The molecule has 1 aromatic heterocycles. The zero-order valence-corrected chi connectivity index (χ0v) is 7.67. The second-order valence-corrected chi connectivity index (χ2v) is 3.65. The highest BCUT2D eigenvalue weighted by Crippen LogP contribution is 2.34. The number of H-pyrrole nitrogens is 2. The van der Waals surface area contributed by atoms with Crippen LogP contribution in [0.25, 0.3) is 0 Å². The van der Waals surface area contributed by atoms with Crippen molar-refractivity contribution in [2.45, 2.75) is 31.6 Å². The van der Waals surface area contributed by atoms with Crippen LogP contribution >= 0.6 is 0 Å². The molecule has 1 aromatic rings. The lowest BCUT2D eigenvalue weighted by atomic mass is 10.0. The normalized spacial score (nSPS) is 17.4. The summed E-state index contributed by atoms with van der Waals surface area (Å²) in [5, 5.41) is 9.46. The Labute approximate surface area is 79.8 Å². The number of hydrogen-bond donors (Lipinski definition) is 3. The molecule has 1 heterocycles. The number of nitrogens with one attached hydrogen (secondary N) is 2. The number of rotatable bonds is 1. The van der Waals surface area contributed by atoms with Crippen LogP contribution in [0.4, 0.5) is 0 Å². The van der Waals surface area contributed by atoms with E-state index < -0.39 is 11.2 Å². The molecule has 0 unspecified atom stereocenters. The van der Waals surface area contributed by atoms with Crippen molar-refractivity contribution in [3.8, 4) is 5.88 Å². The van der Waals surface area contributed by atoms with Crippen molar-refractivity contribution in [1.82, 2.24) is 9.97 Å². The molecule has 0 aliphatic heterocycles. The summed E-state index contributed by atoms with van der Waals surface area (Å²) in [6, 6.07) is 0. The van der Waals surface area contributed by atoms with E-state index in [0.29, 0.717) is 5.56 Å². The second kappa shape index (κ2) is 3.32. The van der Waals surface area contributed by atoms with Gasteiger partial charge in [-0.3, -0.25) is 14.8 Å². The van der Waals surface area contributed by atoms with Crippen LogP contribution in [0.1, 0.15) is 37.2 Å². The van der Waals surface area contributed by atoms with Crippen molar-refractivity contribution in [3.05, 3.63) is 26.4 Å². The highest BCUT2D eigenvalue weighted by atomic mass is 16.3. The Morgan fingerprint density at radius 3 is 2.36 bits per heavy atom. The van der Waals surface area contributed by atoms with Gasteiger partial charge in [0.15, 0.2) is 0 Å². The topological polar surface area (TPSA) is 85.9 Å². The lowest BCUT2D eigenvalue weighted by Gasteiger charge is -2.08. The summed E-state index contributed by atoms with van der Waals surface area (Å²) in [7, 11) is 0. The molecule has 1 aliphatic rings. The van der Waals surface area contributed by atoms with Gasteiger partial charge in [0.25, 0.3) is 5.56 Å². The third kappa shape index (κ3) is 1.45. The monoisotopic (exact) mass is 196 g/mol.